The van der Waals surface area contributed by atoms with Crippen LogP contribution in [-0.4, -0.2) is 24.2 Å². The van der Waals surface area contributed by atoms with Crippen molar-refractivity contribution in [2.75, 3.05) is 18.1 Å². The Balaban J connectivity index is 2.10. The van der Waals surface area contributed by atoms with Gasteiger partial charge in [0.1, 0.15) is 0 Å². The molecule has 0 spiro atoms. The smallest absolute Gasteiger partial charge is 0.231 e. The Morgan fingerprint density at radius 1 is 1.31 bits per heavy atom. The summed E-state index contributed by atoms with van der Waals surface area (Å²) in [5.74, 6) is 0.233. The second-order valence-electron chi connectivity index (χ2n) is 4.56. The van der Waals surface area contributed by atoms with Crippen molar-refractivity contribution in [1.82, 2.24) is 0 Å². The summed E-state index contributed by atoms with van der Waals surface area (Å²) >= 11 is 0. The van der Waals surface area contributed by atoms with Crippen LogP contribution in [0.4, 0.5) is 5.69 Å². The van der Waals surface area contributed by atoms with Crippen LogP contribution in [0.1, 0.15) is 23.1 Å². The number of amides is 1. The van der Waals surface area contributed by atoms with Gasteiger partial charge in [0.05, 0.1) is 12.1 Å². The first kappa shape index (κ1) is 9.85. The molecule has 2 aliphatic heterocycles. The van der Waals surface area contributed by atoms with Gasteiger partial charge in [0.25, 0.3) is 0 Å². The van der Waals surface area contributed by atoms with E-state index in [4.69, 9.17) is 5.11 Å². The molecule has 16 heavy (non-hydrogen) atoms. The molecule has 0 fully saturated rings. The van der Waals surface area contributed by atoms with Gasteiger partial charge in [-0.2, -0.15) is 0 Å². The van der Waals surface area contributed by atoms with E-state index in [1.165, 1.54) is 5.56 Å². The highest BCUT2D eigenvalue weighted by Crippen LogP contribution is 2.37. The van der Waals surface area contributed by atoms with Crippen LogP contribution in [0.5, 0.6) is 0 Å². The molecule has 2 aliphatic rings. The largest absolute Gasteiger partial charge is 0.396 e. The standard InChI is InChI=1S/C13H15NO2/c15-5-3-9-6-10-2-1-4-14-12(16)8-11(7-9)13(10)14/h6-7,15H,1-5,8H2. The van der Waals surface area contributed by atoms with E-state index in [-0.39, 0.29) is 12.5 Å². The lowest BCUT2D eigenvalue weighted by atomic mass is 9.96. The van der Waals surface area contributed by atoms with Gasteiger partial charge >= 0.3 is 0 Å². The lowest BCUT2D eigenvalue weighted by molar-refractivity contribution is -0.117. The Labute approximate surface area is 94.7 Å². The van der Waals surface area contributed by atoms with E-state index in [2.05, 4.69) is 12.1 Å². The van der Waals surface area contributed by atoms with Crippen molar-refractivity contribution in [3.8, 4) is 0 Å². The maximum atomic E-state index is 11.8. The average Bonchev–Trinajstić information content (AvgIpc) is 2.58. The third kappa shape index (κ3) is 1.35. The molecule has 3 nitrogen and oxygen atoms in total. The van der Waals surface area contributed by atoms with Gasteiger partial charge in [-0.15, -0.1) is 0 Å². The molecule has 3 heteroatoms. The van der Waals surface area contributed by atoms with E-state index in [1.807, 2.05) is 4.90 Å². The summed E-state index contributed by atoms with van der Waals surface area (Å²) in [4.78, 5) is 13.7. The van der Waals surface area contributed by atoms with E-state index in [0.717, 1.165) is 36.2 Å². The first-order valence-electron chi connectivity index (χ1n) is 5.85. The molecule has 0 aromatic heterocycles. The van der Waals surface area contributed by atoms with Crippen molar-refractivity contribution in [3.05, 3.63) is 28.8 Å². The lowest BCUT2D eigenvalue weighted by Crippen LogP contribution is -2.31. The molecule has 1 N–H and O–H groups in total. The fourth-order valence-corrected chi connectivity index (χ4v) is 2.82. The van der Waals surface area contributed by atoms with Crippen LogP contribution >= 0.6 is 0 Å². The zero-order chi connectivity index (χ0) is 11.1. The maximum absolute atomic E-state index is 11.8. The summed E-state index contributed by atoms with van der Waals surface area (Å²) < 4.78 is 0. The van der Waals surface area contributed by atoms with Crippen molar-refractivity contribution in [2.45, 2.75) is 25.7 Å². The van der Waals surface area contributed by atoms with Gasteiger partial charge in [0, 0.05) is 13.2 Å². The van der Waals surface area contributed by atoms with E-state index in [9.17, 15) is 4.79 Å². The van der Waals surface area contributed by atoms with Gasteiger partial charge in [0.15, 0.2) is 0 Å². The molecule has 0 bridgehead atoms. The molecule has 0 saturated heterocycles. The Morgan fingerprint density at radius 2 is 2.12 bits per heavy atom. The zero-order valence-electron chi connectivity index (χ0n) is 9.20. The van der Waals surface area contributed by atoms with Gasteiger partial charge < -0.3 is 10.0 Å². The normalized spacial score (nSPS) is 17.8. The molecule has 0 aliphatic carbocycles. The highest BCUT2D eigenvalue weighted by molar-refractivity contribution is 6.02. The molecule has 1 aromatic rings. The predicted octanol–water partition coefficient (Wildman–Crippen LogP) is 1.06. The molecule has 0 radical (unpaired) electrons. The van der Waals surface area contributed by atoms with Crippen molar-refractivity contribution < 1.29 is 9.90 Å². The summed E-state index contributed by atoms with van der Waals surface area (Å²) in [5.41, 5.74) is 4.77. The van der Waals surface area contributed by atoms with Crippen molar-refractivity contribution in [3.63, 3.8) is 0 Å². The quantitative estimate of drug-likeness (QED) is 0.804. The highest BCUT2D eigenvalue weighted by Gasteiger charge is 2.31. The van der Waals surface area contributed by atoms with Crippen molar-refractivity contribution >= 4 is 11.6 Å². The number of aryl methyl sites for hydroxylation is 1. The van der Waals surface area contributed by atoms with Gasteiger partial charge in [-0.05, 0) is 36.0 Å². The Kier molecular flexibility index (Phi) is 2.21. The first-order chi connectivity index (χ1) is 7.79. The average molecular weight is 217 g/mol. The highest BCUT2D eigenvalue weighted by atomic mass is 16.3. The summed E-state index contributed by atoms with van der Waals surface area (Å²) in [5, 5.41) is 8.97. The topological polar surface area (TPSA) is 40.5 Å². The molecule has 0 atom stereocenters. The number of aliphatic hydroxyl groups excluding tert-OH is 1. The summed E-state index contributed by atoms with van der Waals surface area (Å²) in [6.07, 6.45) is 3.35. The van der Waals surface area contributed by atoms with Crippen LogP contribution in [0, 0.1) is 0 Å². The fourth-order valence-electron chi connectivity index (χ4n) is 2.82. The molecule has 1 aromatic carbocycles. The number of benzene rings is 1. The lowest BCUT2D eigenvalue weighted by Gasteiger charge is -2.26. The molecular formula is C13H15NO2. The molecule has 84 valence electrons. The number of hydrogen-bond acceptors (Lipinski definition) is 2. The van der Waals surface area contributed by atoms with Crippen LogP contribution in [0.25, 0.3) is 0 Å². The van der Waals surface area contributed by atoms with Crippen molar-refractivity contribution in [1.29, 1.82) is 0 Å². The minimum absolute atomic E-state index is 0.176. The van der Waals surface area contributed by atoms with E-state index in [0.29, 0.717) is 12.8 Å². The van der Waals surface area contributed by atoms with E-state index < -0.39 is 0 Å². The maximum Gasteiger partial charge on any atom is 0.231 e. The summed E-state index contributed by atoms with van der Waals surface area (Å²) in [6.45, 7) is 1.05. The third-order valence-corrected chi connectivity index (χ3v) is 3.47. The zero-order valence-corrected chi connectivity index (χ0v) is 9.20. The number of nitrogens with zero attached hydrogens (tertiary/aromatic N) is 1. The molecule has 0 saturated carbocycles. The van der Waals surface area contributed by atoms with E-state index >= 15 is 0 Å². The third-order valence-electron chi connectivity index (χ3n) is 3.47. The van der Waals surface area contributed by atoms with E-state index in [1.54, 1.807) is 0 Å². The number of carbonyl (C=O) groups excluding carboxylic acids is 1. The minimum Gasteiger partial charge on any atom is -0.396 e. The molecule has 1 amide bonds. The Hall–Kier alpha value is -1.35. The van der Waals surface area contributed by atoms with Crippen LogP contribution in [0.15, 0.2) is 12.1 Å². The molecule has 3 rings (SSSR count). The van der Waals surface area contributed by atoms with Crippen LogP contribution in [0.3, 0.4) is 0 Å². The van der Waals surface area contributed by atoms with Crippen LogP contribution in [0.2, 0.25) is 0 Å². The van der Waals surface area contributed by atoms with Crippen LogP contribution in [-0.2, 0) is 24.1 Å². The monoisotopic (exact) mass is 217 g/mol. The number of anilines is 1. The number of carbonyl (C=O) groups is 1. The van der Waals surface area contributed by atoms with Crippen molar-refractivity contribution in [2.24, 2.45) is 0 Å². The second kappa shape index (κ2) is 3.59. The molecule has 0 unspecified atom stereocenters. The molecule has 2 heterocycles. The van der Waals surface area contributed by atoms with Gasteiger partial charge in [0.2, 0.25) is 5.91 Å². The fraction of sp³-hybridized carbons (Fsp3) is 0.462. The minimum atomic E-state index is 0.176. The number of rotatable bonds is 2. The number of hydrogen-bond donors (Lipinski definition) is 1. The van der Waals surface area contributed by atoms with Gasteiger partial charge in [-0.25, -0.2) is 0 Å². The Morgan fingerprint density at radius 3 is 2.94 bits per heavy atom. The summed E-state index contributed by atoms with van der Waals surface area (Å²) in [6, 6.07) is 4.23. The summed E-state index contributed by atoms with van der Waals surface area (Å²) in [7, 11) is 0. The molecular weight excluding hydrogens is 202 g/mol. The second-order valence-corrected chi connectivity index (χ2v) is 4.56. The van der Waals surface area contributed by atoms with Gasteiger partial charge in [-0.3, -0.25) is 4.79 Å². The first-order valence-corrected chi connectivity index (χ1v) is 5.85. The SMILES string of the molecule is O=C1Cc2cc(CCO)cc3c2N1CCC3. The van der Waals surface area contributed by atoms with Gasteiger partial charge in [-0.1, -0.05) is 12.1 Å². The number of aliphatic hydroxyl groups is 1. The Bertz CT molecular complexity index is 453. The van der Waals surface area contributed by atoms with Crippen LogP contribution < -0.4 is 4.90 Å². The predicted molar refractivity (Wildman–Crippen MR) is 61.6 cm³/mol.